The number of nitrogens with zero attached hydrogens (tertiary/aromatic N) is 5. The lowest BCUT2D eigenvalue weighted by Gasteiger charge is -2.14. The highest BCUT2D eigenvalue weighted by Crippen LogP contribution is 2.35. The van der Waals surface area contributed by atoms with Gasteiger partial charge in [-0.3, -0.25) is 19.2 Å². The molecular formula is C24H17ClF3N5O4S2. The van der Waals surface area contributed by atoms with Gasteiger partial charge in [-0.05, 0) is 53.2 Å². The summed E-state index contributed by atoms with van der Waals surface area (Å²) in [6.07, 6.45) is 1.89. The van der Waals surface area contributed by atoms with Crippen molar-refractivity contribution < 1.29 is 31.2 Å². The molecule has 5 rings (SSSR count). The monoisotopic (exact) mass is 595 g/mol. The van der Waals surface area contributed by atoms with Gasteiger partial charge >= 0.3 is 6.18 Å². The number of amides is 2. The third-order valence-corrected chi connectivity index (χ3v) is 8.06. The van der Waals surface area contributed by atoms with Gasteiger partial charge in [-0.25, -0.2) is 17.4 Å². The average Bonchev–Trinajstić information content (AvgIpc) is 3.54. The van der Waals surface area contributed by atoms with E-state index >= 15 is 0 Å². The Labute approximate surface area is 228 Å². The minimum absolute atomic E-state index is 0.00570. The van der Waals surface area contributed by atoms with Gasteiger partial charge in [0.2, 0.25) is 10.0 Å². The van der Waals surface area contributed by atoms with Gasteiger partial charge in [0.1, 0.15) is 5.82 Å². The fraction of sp³-hybridized carbons (Fsp3) is 0.167. The molecule has 202 valence electrons. The van der Waals surface area contributed by atoms with E-state index in [4.69, 9.17) is 11.6 Å². The summed E-state index contributed by atoms with van der Waals surface area (Å²) in [5.74, 6) is -0.587. The van der Waals surface area contributed by atoms with Gasteiger partial charge in [0.15, 0.2) is 0 Å². The molecule has 4 aromatic rings. The molecule has 2 aromatic heterocycles. The summed E-state index contributed by atoms with van der Waals surface area (Å²) in [4.78, 5) is 30.4. The van der Waals surface area contributed by atoms with Crippen molar-refractivity contribution >= 4 is 61.5 Å². The quantitative estimate of drug-likeness (QED) is 0.289. The average molecular weight is 596 g/mol. The van der Waals surface area contributed by atoms with Crippen LogP contribution in [0, 0.1) is 0 Å². The number of hydrogen-bond donors (Lipinski definition) is 0. The summed E-state index contributed by atoms with van der Waals surface area (Å²) >= 11 is 6.47. The van der Waals surface area contributed by atoms with Crippen molar-refractivity contribution in [2.45, 2.75) is 19.3 Å². The standard InChI is InChI=1S/C24H17ClF3N5O4S2/c1-39(36,37)33-7-6-29-21(33)13-31-22(34)20(38-23(31)35)9-14-2-5-19-16(8-14)11-30-32(19)12-15-3-4-17(25)10-18(15)24(26,27)28/h2-11H,12-13H2,1H3/b20-9-. The molecule has 39 heavy (non-hydrogen) atoms. The smallest absolute Gasteiger partial charge is 0.268 e. The van der Waals surface area contributed by atoms with E-state index in [0.29, 0.717) is 28.2 Å². The molecule has 0 saturated carbocycles. The number of benzene rings is 2. The highest BCUT2D eigenvalue weighted by Gasteiger charge is 2.36. The fourth-order valence-corrected chi connectivity index (χ4v) is 5.87. The van der Waals surface area contributed by atoms with Crippen LogP contribution in [0.1, 0.15) is 22.5 Å². The van der Waals surface area contributed by atoms with Crippen LogP contribution < -0.4 is 0 Å². The van der Waals surface area contributed by atoms with Crippen LogP contribution in [-0.4, -0.2) is 49.5 Å². The van der Waals surface area contributed by atoms with E-state index in [2.05, 4.69) is 10.1 Å². The first kappa shape index (κ1) is 27.0. The lowest BCUT2D eigenvalue weighted by Crippen LogP contribution is -2.29. The van der Waals surface area contributed by atoms with Gasteiger partial charge in [0, 0.05) is 22.8 Å². The first-order chi connectivity index (χ1) is 18.3. The number of carbonyl (C=O) groups is 2. The lowest BCUT2D eigenvalue weighted by atomic mass is 10.1. The molecule has 3 heterocycles. The zero-order valence-corrected chi connectivity index (χ0v) is 22.3. The van der Waals surface area contributed by atoms with Crippen molar-refractivity contribution in [3.05, 3.63) is 87.4 Å². The van der Waals surface area contributed by atoms with Crippen LogP contribution in [0.15, 0.2) is 59.9 Å². The minimum atomic E-state index is -4.58. The zero-order valence-electron chi connectivity index (χ0n) is 19.9. The summed E-state index contributed by atoms with van der Waals surface area (Å²) in [6, 6.07) is 8.57. The Balaban J connectivity index is 1.39. The first-order valence-corrected chi connectivity index (χ1v) is 14.1. The zero-order chi connectivity index (χ0) is 28.1. The maximum absolute atomic E-state index is 13.5. The Bertz CT molecular complexity index is 1780. The maximum Gasteiger partial charge on any atom is 0.416 e. The number of aromatic nitrogens is 4. The summed E-state index contributed by atoms with van der Waals surface area (Å²) in [7, 11) is -3.67. The second-order valence-corrected chi connectivity index (χ2v) is 11.9. The van der Waals surface area contributed by atoms with E-state index in [1.165, 1.54) is 41.5 Å². The number of alkyl halides is 3. The molecule has 1 aliphatic heterocycles. The number of halogens is 4. The van der Waals surface area contributed by atoms with E-state index in [-0.39, 0.29) is 34.4 Å². The SMILES string of the molecule is CS(=O)(=O)n1ccnc1CN1C(=O)S/C(=C\c2ccc3c(cnn3Cc3ccc(Cl)cc3C(F)(F)F)c2)C1=O. The molecule has 15 heteroatoms. The van der Waals surface area contributed by atoms with Crippen molar-refractivity contribution in [2.75, 3.05) is 6.26 Å². The van der Waals surface area contributed by atoms with E-state index in [1.807, 2.05) is 0 Å². The summed E-state index contributed by atoms with van der Waals surface area (Å²) in [5, 5.41) is 4.23. The van der Waals surface area contributed by atoms with Crippen LogP contribution in [0.3, 0.4) is 0 Å². The fourth-order valence-electron chi connectivity index (χ4n) is 4.10. The highest BCUT2D eigenvalue weighted by atomic mass is 35.5. The second-order valence-electron chi connectivity index (χ2n) is 8.59. The van der Waals surface area contributed by atoms with Crippen LogP contribution in [0.4, 0.5) is 18.0 Å². The Kier molecular flexibility index (Phi) is 6.81. The van der Waals surface area contributed by atoms with E-state index < -0.39 is 32.9 Å². The van der Waals surface area contributed by atoms with Gasteiger partial charge in [-0.2, -0.15) is 18.3 Å². The van der Waals surface area contributed by atoms with Crippen molar-refractivity contribution in [1.82, 2.24) is 23.6 Å². The minimum Gasteiger partial charge on any atom is -0.268 e. The number of carbonyl (C=O) groups excluding carboxylic acids is 2. The van der Waals surface area contributed by atoms with Crippen molar-refractivity contribution in [2.24, 2.45) is 0 Å². The molecule has 0 bridgehead atoms. The number of fused-ring (bicyclic) bond motifs is 1. The molecule has 0 unspecified atom stereocenters. The normalized spacial score (nSPS) is 15.7. The van der Waals surface area contributed by atoms with Crippen molar-refractivity contribution in [1.29, 1.82) is 0 Å². The summed E-state index contributed by atoms with van der Waals surface area (Å²) in [5.41, 5.74) is 0.291. The molecule has 2 amide bonds. The Morgan fingerprint density at radius 3 is 2.59 bits per heavy atom. The Morgan fingerprint density at radius 1 is 1.10 bits per heavy atom. The van der Waals surface area contributed by atoms with Gasteiger partial charge in [0.05, 0.1) is 41.5 Å². The van der Waals surface area contributed by atoms with Crippen LogP contribution in [0.25, 0.3) is 17.0 Å². The predicted octanol–water partition coefficient (Wildman–Crippen LogP) is 5.00. The lowest BCUT2D eigenvalue weighted by molar-refractivity contribution is -0.138. The molecule has 2 aromatic carbocycles. The second kappa shape index (κ2) is 9.84. The van der Waals surface area contributed by atoms with Crippen LogP contribution in [0.5, 0.6) is 0 Å². The van der Waals surface area contributed by atoms with Crippen LogP contribution in [-0.2, 0) is 34.1 Å². The van der Waals surface area contributed by atoms with Crippen molar-refractivity contribution in [3.8, 4) is 0 Å². The van der Waals surface area contributed by atoms with Gasteiger partial charge in [-0.1, -0.05) is 23.7 Å². The Morgan fingerprint density at radius 2 is 1.87 bits per heavy atom. The molecule has 0 spiro atoms. The number of hydrogen-bond acceptors (Lipinski definition) is 7. The highest BCUT2D eigenvalue weighted by molar-refractivity contribution is 8.18. The van der Waals surface area contributed by atoms with Crippen molar-refractivity contribution in [3.63, 3.8) is 0 Å². The van der Waals surface area contributed by atoms with Crippen LogP contribution >= 0.6 is 23.4 Å². The number of thioether (sulfide) groups is 1. The molecule has 0 aliphatic carbocycles. The molecule has 1 aliphatic rings. The predicted molar refractivity (Wildman–Crippen MR) is 139 cm³/mol. The number of imide groups is 1. The molecule has 0 atom stereocenters. The molecule has 1 saturated heterocycles. The molecule has 1 fully saturated rings. The van der Waals surface area contributed by atoms with E-state index in [9.17, 15) is 31.2 Å². The number of imidazole rings is 1. The largest absolute Gasteiger partial charge is 0.416 e. The van der Waals surface area contributed by atoms with Gasteiger partial charge in [0.25, 0.3) is 11.1 Å². The maximum atomic E-state index is 13.5. The van der Waals surface area contributed by atoms with Gasteiger partial charge in [-0.15, -0.1) is 0 Å². The Hall–Kier alpha value is -3.62. The molecule has 9 nitrogen and oxygen atoms in total. The molecule has 0 radical (unpaired) electrons. The topological polar surface area (TPSA) is 107 Å². The van der Waals surface area contributed by atoms with Gasteiger partial charge < -0.3 is 0 Å². The van der Waals surface area contributed by atoms with Crippen LogP contribution in [0.2, 0.25) is 5.02 Å². The number of rotatable bonds is 6. The summed E-state index contributed by atoms with van der Waals surface area (Å²) < 4.78 is 66.6. The molecular weight excluding hydrogens is 579 g/mol. The van der Waals surface area contributed by atoms with E-state index in [1.54, 1.807) is 18.2 Å². The van der Waals surface area contributed by atoms with E-state index in [0.717, 1.165) is 21.2 Å². The third kappa shape index (κ3) is 5.44. The summed E-state index contributed by atoms with van der Waals surface area (Å²) in [6.45, 7) is -0.463. The molecule has 0 N–H and O–H groups in total. The first-order valence-electron chi connectivity index (χ1n) is 11.1. The third-order valence-electron chi connectivity index (χ3n) is 5.87.